The Hall–Kier alpha value is -0.420. The average Bonchev–Trinajstić information content (AvgIpc) is 2.27. The maximum Gasteiger partial charge on any atom is 0.255 e. The lowest BCUT2D eigenvalue weighted by atomic mass is 10.1. The van der Waals surface area contributed by atoms with Crippen molar-refractivity contribution in [3.63, 3.8) is 0 Å². The Morgan fingerprint density at radius 2 is 2.06 bits per heavy atom. The molecule has 17 heavy (non-hydrogen) atoms. The molecule has 1 aromatic carbocycles. The average molecular weight is 367 g/mol. The number of nitrogens with zero attached hydrogens (tertiary/aromatic N) is 1. The van der Waals surface area contributed by atoms with E-state index in [-0.39, 0.29) is 17.3 Å². The third kappa shape index (κ3) is 3.28. The highest BCUT2D eigenvalue weighted by Gasteiger charge is 2.28. The van der Waals surface area contributed by atoms with Gasteiger partial charge in [0, 0.05) is 22.4 Å². The van der Waals surface area contributed by atoms with Crippen LogP contribution in [-0.4, -0.2) is 28.7 Å². The van der Waals surface area contributed by atoms with Crippen molar-refractivity contribution in [1.82, 2.24) is 4.90 Å². The Morgan fingerprint density at radius 1 is 1.47 bits per heavy atom. The van der Waals surface area contributed by atoms with Gasteiger partial charge in [0.1, 0.15) is 5.82 Å². The minimum atomic E-state index is -0.365. The fraction of sp³-hybridized carbons (Fsp3) is 0.417. The quantitative estimate of drug-likeness (QED) is 0.744. The Labute approximate surface area is 117 Å². The first-order chi connectivity index (χ1) is 7.79. The van der Waals surface area contributed by atoms with Gasteiger partial charge in [-0.1, -0.05) is 15.9 Å². The van der Waals surface area contributed by atoms with E-state index in [0.717, 1.165) is 0 Å². The Bertz CT molecular complexity index is 435. The van der Waals surface area contributed by atoms with Crippen LogP contribution < -0.4 is 0 Å². The Morgan fingerprint density at radius 3 is 2.53 bits per heavy atom. The minimum Gasteiger partial charge on any atom is -0.336 e. The van der Waals surface area contributed by atoms with Crippen molar-refractivity contribution in [2.75, 3.05) is 12.4 Å². The van der Waals surface area contributed by atoms with Crippen LogP contribution in [0.15, 0.2) is 22.7 Å². The molecule has 0 bridgehead atoms. The molecule has 0 N–H and O–H groups in total. The number of carbonyl (C=O) groups is 1. The molecule has 0 radical (unpaired) electrons. The van der Waals surface area contributed by atoms with E-state index < -0.39 is 0 Å². The summed E-state index contributed by atoms with van der Waals surface area (Å²) in [6, 6.07) is 4.07. The first-order valence-corrected chi connectivity index (χ1v) is 7.00. The highest BCUT2D eigenvalue weighted by Crippen LogP contribution is 2.23. The van der Waals surface area contributed by atoms with Crippen molar-refractivity contribution >= 4 is 37.8 Å². The van der Waals surface area contributed by atoms with Gasteiger partial charge in [-0.3, -0.25) is 4.79 Å². The highest BCUT2D eigenvalue weighted by molar-refractivity contribution is 9.10. The molecule has 0 fully saturated rings. The van der Waals surface area contributed by atoms with Gasteiger partial charge in [0.25, 0.3) is 5.91 Å². The van der Waals surface area contributed by atoms with Crippen molar-refractivity contribution in [3.8, 4) is 0 Å². The monoisotopic (exact) mass is 365 g/mol. The third-order valence-corrected chi connectivity index (χ3v) is 4.73. The van der Waals surface area contributed by atoms with E-state index in [4.69, 9.17) is 0 Å². The summed E-state index contributed by atoms with van der Waals surface area (Å²) in [5, 5.41) is 0.668. The van der Waals surface area contributed by atoms with Crippen LogP contribution in [0.4, 0.5) is 4.39 Å². The maximum atomic E-state index is 12.9. The number of rotatable bonds is 3. The fourth-order valence-corrected chi connectivity index (χ4v) is 2.10. The summed E-state index contributed by atoms with van der Waals surface area (Å²) in [7, 11) is 1.74. The molecule has 0 atom stereocenters. The first-order valence-electron chi connectivity index (χ1n) is 5.09. The van der Waals surface area contributed by atoms with E-state index in [1.165, 1.54) is 18.2 Å². The summed E-state index contributed by atoms with van der Waals surface area (Å²) in [6.45, 7) is 3.91. The first kappa shape index (κ1) is 14.6. The van der Waals surface area contributed by atoms with Crippen LogP contribution in [0, 0.1) is 5.82 Å². The zero-order valence-corrected chi connectivity index (χ0v) is 13.1. The van der Waals surface area contributed by atoms with Crippen LogP contribution in [0.5, 0.6) is 0 Å². The van der Waals surface area contributed by atoms with Gasteiger partial charge in [-0.25, -0.2) is 4.39 Å². The van der Waals surface area contributed by atoms with Gasteiger partial charge in [-0.15, -0.1) is 0 Å². The van der Waals surface area contributed by atoms with Crippen LogP contribution in [0.25, 0.3) is 0 Å². The fourth-order valence-electron chi connectivity index (χ4n) is 1.21. The van der Waals surface area contributed by atoms with Crippen LogP contribution in [0.2, 0.25) is 0 Å². The van der Waals surface area contributed by atoms with Gasteiger partial charge >= 0.3 is 0 Å². The van der Waals surface area contributed by atoms with Gasteiger partial charge in [-0.2, -0.15) is 0 Å². The molecule has 1 amide bonds. The summed E-state index contributed by atoms with van der Waals surface area (Å²) < 4.78 is 13.4. The second-order valence-electron chi connectivity index (χ2n) is 4.43. The number of benzene rings is 1. The van der Waals surface area contributed by atoms with E-state index in [1.807, 2.05) is 13.8 Å². The number of hydrogen-bond acceptors (Lipinski definition) is 1. The van der Waals surface area contributed by atoms with E-state index >= 15 is 0 Å². The SMILES string of the molecule is CN(C(=O)c1ccc(F)cc1Br)C(C)(C)CBr. The van der Waals surface area contributed by atoms with Crippen molar-refractivity contribution in [2.45, 2.75) is 19.4 Å². The molecule has 94 valence electrons. The van der Waals surface area contributed by atoms with Gasteiger partial charge in [0.05, 0.1) is 5.56 Å². The zero-order valence-electron chi connectivity index (χ0n) is 9.93. The second kappa shape index (κ2) is 5.48. The molecular weight excluding hydrogens is 353 g/mol. The van der Waals surface area contributed by atoms with E-state index in [9.17, 15) is 9.18 Å². The van der Waals surface area contributed by atoms with Crippen molar-refractivity contribution in [1.29, 1.82) is 0 Å². The molecule has 5 heteroatoms. The molecule has 0 aliphatic carbocycles. The van der Waals surface area contributed by atoms with E-state index in [2.05, 4.69) is 31.9 Å². The molecule has 0 spiro atoms. The Kier molecular flexibility index (Phi) is 4.72. The molecule has 0 aromatic heterocycles. The normalized spacial score (nSPS) is 11.4. The largest absolute Gasteiger partial charge is 0.336 e. The molecule has 2 nitrogen and oxygen atoms in total. The van der Waals surface area contributed by atoms with Crippen molar-refractivity contribution in [3.05, 3.63) is 34.1 Å². The zero-order chi connectivity index (χ0) is 13.2. The summed E-state index contributed by atoms with van der Waals surface area (Å²) in [5.41, 5.74) is 0.160. The molecule has 0 aliphatic rings. The lowest BCUT2D eigenvalue weighted by Gasteiger charge is -2.34. The molecule has 0 saturated heterocycles. The molecule has 0 aliphatic heterocycles. The Balaban J connectivity index is 3.05. The number of hydrogen-bond donors (Lipinski definition) is 0. The number of amides is 1. The molecule has 1 aromatic rings. The molecule has 0 heterocycles. The van der Waals surface area contributed by atoms with E-state index in [0.29, 0.717) is 15.4 Å². The third-order valence-electron chi connectivity index (χ3n) is 2.70. The summed E-state index contributed by atoms with van der Waals surface area (Å²) in [6.07, 6.45) is 0. The number of halogens is 3. The predicted octanol–water partition coefficient (Wildman–Crippen LogP) is 3.83. The smallest absolute Gasteiger partial charge is 0.255 e. The van der Waals surface area contributed by atoms with Crippen molar-refractivity contribution < 1.29 is 9.18 Å². The highest BCUT2D eigenvalue weighted by atomic mass is 79.9. The molecular formula is C12H14Br2FNO. The lowest BCUT2D eigenvalue weighted by Crippen LogP contribution is -2.46. The molecule has 0 unspecified atom stereocenters. The van der Waals surface area contributed by atoms with Crippen LogP contribution in [0.1, 0.15) is 24.2 Å². The van der Waals surface area contributed by atoms with Crippen LogP contribution in [-0.2, 0) is 0 Å². The predicted molar refractivity (Wildman–Crippen MR) is 74.1 cm³/mol. The number of alkyl halides is 1. The standard InChI is InChI=1S/C12H14Br2FNO/c1-12(2,7-13)16(3)11(17)9-5-4-8(15)6-10(9)14/h4-6H,7H2,1-3H3. The minimum absolute atomic E-state index is 0.138. The van der Waals surface area contributed by atoms with E-state index in [1.54, 1.807) is 11.9 Å². The van der Waals surface area contributed by atoms with Crippen LogP contribution in [0.3, 0.4) is 0 Å². The van der Waals surface area contributed by atoms with Gasteiger partial charge in [-0.05, 0) is 48.0 Å². The number of carbonyl (C=O) groups excluding carboxylic acids is 1. The summed E-state index contributed by atoms with van der Waals surface area (Å²) >= 11 is 6.58. The molecule has 0 saturated carbocycles. The van der Waals surface area contributed by atoms with Gasteiger partial charge < -0.3 is 4.90 Å². The summed E-state index contributed by atoms with van der Waals surface area (Å²) in [4.78, 5) is 13.9. The lowest BCUT2D eigenvalue weighted by molar-refractivity contribution is 0.0662. The summed E-state index contributed by atoms with van der Waals surface area (Å²) in [5.74, 6) is -0.503. The van der Waals surface area contributed by atoms with Gasteiger partial charge in [0.2, 0.25) is 0 Å². The van der Waals surface area contributed by atoms with Gasteiger partial charge in [0.15, 0.2) is 0 Å². The van der Waals surface area contributed by atoms with Crippen LogP contribution >= 0.6 is 31.9 Å². The molecule has 1 rings (SSSR count). The maximum absolute atomic E-state index is 12.9. The van der Waals surface area contributed by atoms with Crippen molar-refractivity contribution in [2.24, 2.45) is 0 Å². The second-order valence-corrected chi connectivity index (χ2v) is 5.85. The topological polar surface area (TPSA) is 20.3 Å².